The Balaban J connectivity index is 2.48. The van der Waals surface area contributed by atoms with Crippen LogP contribution in [0.4, 0.5) is 5.69 Å². The number of aromatic nitrogens is 1. The molecule has 0 radical (unpaired) electrons. The Morgan fingerprint density at radius 2 is 2.12 bits per heavy atom. The van der Waals surface area contributed by atoms with E-state index in [0.717, 1.165) is 0 Å². The maximum atomic E-state index is 11.5. The number of carbonyl (C=O) groups excluding carboxylic acids is 1. The molecule has 0 amide bonds. The predicted molar refractivity (Wildman–Crippen MR) is 62.7 cm³/mol. The van der Waals surface area contributed by atoms with Gasteiger partial charge in [-0.25, -0.2) is 0 Å². The van der Waals surface area contributed by atoms with E-state index in [-0.39, 0.29) is 18.5 Å². The van der Waals surface area contributed by atoms with Crippen LogP contribution in [0.1, 0.15) is 26.5 Å². The number of esters is 1. The van der Waals surface area contributed by atoms with Crippen molar-refractivity contribution in [2.24, 2.45) is 5.92 Å². The molecule has 88 valence electrons. The van der Waals surface area contributed by atoms with Crippen LogP contribution in [0.25, 0.3) is 0 Å². The van der Waals surface area contributed by atoms with Crippen LogP contribution >= 0.6 is 0 Å². The topological polar surface area (TPSA) is 65.2 Å². The van der Waals surface area contributed by atoms with Crippen molar-refractivity contribution < 1.29 is 9.53 Å². The molecule has 1 heterocycles. The van der Waals surface area contributed by atoms with E-state index in [1.807, 2.05) is 20.8 Å². The molecule has 1 rings (SSSR count). The van der Waals surface area contributed by atoms with Crippen molar-refractivity contribution in [3.63, 3.8) is 0 Å². The maximum Gasteiger partial charge on any atom is 0.312 e. The molecule has 0 saturated carbocycles. The van der Waals surface area contributed by atoms with Crippen LogP contribution in [0.3, 0.4) is 0 Å². The lowest BCUT2D eigenvalue weighted by Gasteiger charge is -2.16. The van der Waals surface area contributed by atoms with Crippen molar-refractivity contribution >= 4 is 11.7 Å². The van der Waals surface area contributed by atoms with Gasteiger partial charge in [0.25, 0.3) is 0 Å². The van der Waals surface area contributed by atoms with Gasteiger partial charge >= 0.3 is 5.97 Å². The highest BCUT2D eigenvalue weighted by molar-refractivity contribution is 5.72. The molecule has 0 aliphatic rings. The predicted octanol–water partition coefficient (Wildman–Crippen LogP) is 1.79. The van der Waals surface area contributed by atoms with E-state index < -0.39 is 0 Å². The van der Waals surface area contributed by atoms with Gasteiger partial charge in [-0.15, -0.1) is 0 Å². The summed E-state index contributed by atoms with van der Waals surface area (Å²) in [6.45, 7) is 5.91. The summed E-state index contributed by atoms with van der Waals surface area (Å²) in [4.78, 5) is 15.6. The second-order valence-electron chi connectivity index (χ2n) is 4.20. The minimum absolute atomic E-state index is 0.0683. The van der Waals surface area contributed by atoms with Crippen molar-refractivity contribution in [3.8, 4) is 0 Å². The normalized spacial score (nSPS) is 12.5. The highest BCUT2D eigenvalue weighted by atomic mass is 16.5. The molecule has 4 nitrogen and oxygen atoms in total. The number of ether oxygens (including phenoxy) is 1. The maximum absolute atomic E-state index is 11.5. The first-order valence-corrected chi connectivity index (χ1v) is 5.39. The summed E-state index contributed by atoms with van der Waals surface area (Å²) in [5.41, 5.74) is 6.77. The quantitative estimate of drug-likeness (QED) is 0.789. The SMILES string of the molecule is CC(C)C(C)OC(=O)Cc1ccc(N)cn1. The van der Waals surface area contributed by atoms with Gasteiger partial charge < -0.3 is 10.5 Å². The first-order valence-electron chi connectivity index (χ1n) is 5.39. The molecule has 1 aromatic rings. The third-order valence-electron chi connectivity index (χ3n) is 2.43. The van der Waals surface area contributed by atoms with Gasteiger partial charge in [0.05, 0.1) is 24.0 Å². The van der Waals surface area contributed by atoms with Crippen molar-refractivity contribution in [2.75, 3.05) is 5.73 Å². The Hall–Kier alpha value is -1.58. The van der Waals surface area contributed by atoms with Crippen molar-refractivity contribution in [2.45, 2.75) is 33.3 Å². The summed E-state index contributed by atoms with van der Waals surface area (Å²) < 4.78 is 5.24. The Morgan fingerprint density at radius 1 is 1.44 bits per heavy atom. The smallest absolute Gasteiger partial charge is 0.312 e. The second kappa shape index (κ2) is 5.49. The zero-order chi connectivity index (χ0) is 12.1. The Labute approximate surface area is 95.8 Å². The molecule has 2 N–H and O–H groups in total. The number of carbonyl (C=O) groups is 1. The van der Waals surface area contributed by atoms with Crippen LogP contribution in [0.15, 0.2) is 18.3 Å². The molecule has 0 aromatic carbocycles. The van der Waals surface area contributed by atoms with Crippen LogP contribution < -0.4 is 5.73 Å². The number of nitrogen functional groups attached to an aromatic ring is 1. The van der Waals surface area contributed by atoms with Crippen LogP contribution in [-0.2, 0) is 16.0 Å². The van der Waals surface area contributed by atoms with E-state index in [1.54, 1.807) is 12.1 Å². The van der Waals surface area contributed by atoms with Gasteiger partial charge in [-0.2, -0.15) is 0 Å². The van der Waals surface area contributed by atoms with Gasteiger partial charge in [0, 0.05) is 0 Å². The lowest BCUT2D eigenvalue weighted by atomic mass is 10.1. The fourth-order valence-corrected chi connectivity index (χ4v) is 1.07. The van der Waals surface area contributed by atoms with Gasteiger partial charge in [-0.05, 0) is 25.0 Å². The number of hydrogen-bond donors (Lipinski definition) is 1. The number of hydrogen-bond acceptors (Lipinski definition) is 4. The highest BCUT2D eigenvalue weighted by Crippen LogP contribution is 2.08. The van der Waals surface area contributed by atoms with Crippen molar-refractivity contribution in [1.82, 2.24) is 4.98 Å². The van der Waals surface area contributed by atoms with Gasteiger partial charge in [0.15, 0.2) is 0 Å². The summed E-state index contributed by atoms with van der Waals surface area (Å²) in [5.74, 6) is 0.0711. The molecule has 0 fully saturated rings. The molecular formula is C12H18N2O2. The number of nitrogens with zero attached hydrogens (tertiary/aromatic N) is 1. The van der Waals surface area contributed by atoms with E-state index in [2.05, 4.69) is 4.98 Å². The number of rotatable bonds is 4. The first-order chi connectivity index (χ1) is 7.49. The molecule has 4 heteroatoms. The molecular weight excluding hydrogens is 204 g/mol. The second-order valence-corrected chi connectivity index (χ2v) is 4.20. The van der Waals surface area contributed by atoms with E-state index in [4.69, 9.17) is 10.5 Å². The summed E-state index contributed by atoms with van der Waals surface area (Å²) in [7, 11) is 0. The van der Waals surface area contributed by atoms with Gasteiger partial charge in [0.1, 0.15) is 6.10 Å². The van der Waals surface area contributed by atoms with Crippen LogP contribution in [0.2, 0.25) is 0 Å². The average Bonchev–Trinajstić information content (AvgIpc) is 2.21. The van der Waals surface area contributed by atoms with E-state index in [0.29, 0.717) is 17.3 Å². The lowest BCUT2D eigenvalue weighted by molar-refractivity contribution is -0.149. The molecule has 1 aromatic heterocycles. The molecule has 0 bridgehead atoms. The molecule has 1 atom stereocenters. The minimum Gasteiger partial charge on any atom is -0.462 e. The zero-order valence-corrected chi connectivity index (χ0v) is 9.93. The van der Waals surface area contributed by atoms with E-state index in [9.17, 15) is 4.79 Å². The van der Waals surface area contributed by atoms with Gasteiger partial charge in [-0.1, -0.05) is 13.8 Å². The summed E-state index contributed by atoms with van der Waals surface area (Å²) in [5, 5.41) is 0. The average molecular weight is 222 g/mol. The summed E-state index contributed by atoms with van der Waals surface area (Å²) in [6.07, 6.45) is 1.66. The Morgan fingerprint density at radius 3 is 2.62 bits per heavy atom. The largest absolute Gasteiger partial charge is 0.462 e. The molecule has 0 spiro atoms. The molecule has 16 heavy (non-hydrogen) atoms. The molecule has 0 aliphatic heterocycles. The van der Waals surface area contributed by atoms with Crippen molar-refractivity contribution in [3.05, 3.63) is 24.0 Å². The first kappa shape index (κ1) is 12.5. The Kier molecular flexibility index (Phi) is 4.28. The van der Waals surface area contributed by atoms with Crippen LogP contribution in [0.5, 0.6) is 0 Å². The highest BCUT2D eigenvalue weighted by Gasteiger charge is 2.13. The zero-order valence-electron chi connectivity index (χ0n) is 9.93. The fourth-order valence-electron chi connectivity index (χ4n) is 1.07. The van der Waals surface area contributed by atoms with Crippen LogP contribution in [0, 0.1) is 5.92 Å². The van der Waals surface area contributed by atoms with E-state index in [1.165, 1.54) is 6.20 Å². The van der Waals surface area contributed by atoms with Gasteiger partial charge in [-0.3, -0.25) is 9.78 Å². The lowest BCUT2D eigenvalue weighted by Crippen LogP contribution is -2.21. The summed E-state index contributed by atoms with van der Waals surface area (Å²) >= 11 is 0. The molecule has 0 aliphatic carbocycles. The standard InChI is InChI=1S/C12H18N2O2/c1-8(2)9(3)16-12(15)6-11-5-4-10(13)7-14-11/h4-5,7-9H,6,13H2,1-3H3. The van der Waals surface area contributed by atoms with Crippen LogP contribution in [-0.4, -0.2) is 17.1 Å². The Bertz CT molecular complexity index is 347. The molecule has 0 saturated heterocycles. The monoisotopic (exact) mass is 222 g/mol. The third-order valence-corrected chi connectivity index (χ3v) is 2.43. The van der Waals surface area contributed by atoms with Gasteiger partial charge in [0.2, 0.25) is 0 Å². The third kappa shape index (κ3) is 3.88. The van der Waals surface area contributed by atoms with Crippen molar-refractivity contribution in [1.29, 1.82) is 0 Å². The number of anilines is 1. The number of pyridine rings is 1. The van der Waals surface area contributed by atoms with E-state index >= 15 is 0 Å². The fraction of sp³-hybridized carbons (Fsp3) is 0.500. The number of nitrogens with two attached hydrogens (primary N) is 1. The minimum atomic E-state index is -0.251. The summed E-state index contributed by atoms with van der Waals surface area (Å²) in [6, 6.07) is 3.46. The molecule has 1 unspecified atom stereocenters.